The van der Waals surface area contributed by atoms with Crippen LogP contribution >= 0.6 is 0 Å². The highest BCUT2D eigenvalue weighted by Gasteiger charge is 2.19. The second-order valence-corrected chi connectivity index (χ2v) is 6.74. The van der Waals surface area contributed by atoms with Crippen LogP contribution in [-0.2, 0) is 0 Å². The van der Waals surface area contributed by atoms with E-state index in [4.69, 9.17) is 4.42 Å². The van der Waals surface area contributed by atoms with Gasteiger partial charge in [0, 0.05) is 11.1 Å². The average molecular weight is 424 g/mol. The highest BCUT2D eigenvalue weighted by molar-refractivity contribution is 6.05. The Bertz CT molecular complexity index is 1370. The van der Waals surface area contributed by atoms with E-state index in [-0.39, 0.29) is 22.0 Å². The zero-order valence-electron chi connectivity index (χ0n) is 16.1. The van der Waals surface area contributed by atoms with Gasteiger partial charge in [-0.3, -0.25) is 20.4 Å². The average Bonchev–Trinajstić information content (AvgIpc) is 2.79. The summed E-state index contributed by atoms with van der Waals surface area (Å²) in [7, 11) is 0. The molecule has 0 aliphatic rings. The van der Waals surface area contributed by atoms with Gasteiger partial charge in [0.25, 0.3) is 5.91 Å². The Kier molecular flexibility index (Phi) is 5.21. The van der Waals surface area contributed by atoms with E-state index >= 15 is 0 Å². The number of anilines is 1. The van der Waals surface area contributed by atoms with Gasteiger partial charge in [-0.05, 0) is 31.2 Å². The normalized spacial score (nSPS) is 10.8. The molecule has 0 spiro atoms. The van der Waals surface area contributed by atoms with Crippen molar-refractivity contribution in [2.75, 3.05) is 5.43 Å². The number of amides is 1. The van der Waals surface area contributed by atoms with Crippen molar-refractivity contribution < 1.29 is 22.4 Å². The summed E-state index contributed by atoms with van der Waals surface area (Å²) >= 11 is 0. The van der Waals surface area contributed by atoms with Crippen LogP contribution in [-0.4, -0.2) is 5.91 Å². The van der Waals surface area contributed by atoms with Crippen LogP contribution in [0.3, 0.4) is 0 Å². The van der Waals surface area contributed by atoms with Gasteiger partial charge in [0.1, 0.15) is 5.76 Å². The van der Waals surface area contributed by atoms with Crippen LogP contribution in [0.1, 0.15) is 15.9 Å². The van der Waals surface area contributed by atoms with Crippen molar-refractivity contribution in [1.29, 1.82) is 0 Å². The van der Waals surface area contributed by atoms with Crippen LogP contribution in [0.15, 0.2) is 69.9 Å². The summed E-state index contributed by atoms with van der Waals surface area (Å²) < 4.78 is 46.2. The van der Waals surface area contributed by atoms with Gasteiger partial charge in [-0.2, -0.15) is 0 Å². The zero-order valence-corrected chi connectivity index (χ0v) is 16.1. The summed E-state index contributed by atoms with van der Waals surface area (Å²) in [5.74, 6) is -4.95. The number of fused-ring (bicyclic) bond motifs is 1. The molecule has 2 N–H and O–H groups in total. The van der Waals surface area contributed by atoms with Gasteiger partial charge >= 0.3 is 0 Å². The monoisotopic (exact) mass is 424 g/mol. The molecule has 0 radical (unpaired) electrons. The Hall–Kier alpha value is -4.07. The number of carbonyl (C=O) groups is 1. The molecule has 8 heteroatoms. The third-order valence-electron chi connectivity index (χ3n) is 4.77. The predicted octanol–water partition coefficient (Wildman–Crippen LogP) is 4.94. The van der Waals surface area contributed by atoms with E-state index in [2.05, 4.69) is 10.9 Å². The first kappa shape index (κ1) is 20.2. The van der Waals surface area contributed by atoms with Crippen molar-refractivity contribution in [1.82, 2.24) is 5.43 Å². The van der Waals surface area contributed by atoms with Crippen LogP contribution in [0.25, 0.3) is 22.3 Å². The van der Waals surface area contributed by atoms with Gasteiger partial charge in [-0.1, -0.05) is 36.4 Å². The fourth-order valence-electron chi connectivity index (χ4n) is 3.17. The number of hydrogen-bond acceptors (Lipinski definition) is 4. The molecule has 5 nitrogen and oxygen atoms in total. The van der Waals surface area contributed by atoms with Gasteiger partial charge in [-0.15, -0.1) is 0 Å². The molecule has 0 saturated heterocycles. The second-order valence-electron chi connectivity index (χ2n) is 6.74. The molecular formula is C23H15F3N2O3. The lowest BCUT2D eigenvalue weighted by molar-refractivity contribution is 0.0963. The lowest BCUT2D eigenvalue weighted by Gasteiger charge is -2.12. The van der Waals surface area contributed by atoms with Gasteiger partial charge in [-0.25, -0.2) is 13.2 Å². The van der Waals surface area contributed by atoms with Crippen molar-refractivity contribution in [3.8, 4) is 11.3 Å². The van der Waals surface area contributed by atoms with Crippen LogP contribution in [0.5, 0.6) is 0 Å². The molecule has 4 aromatic rings. The van der Waals surface area contributed by atoms with Gasteiger partial charge in [0.05, 0.1) is 16.6 Å². The van der Waals surface area contributed by atoms with Gasteiger partial charge < -0.3 is 4.42 Å². The smallest absolute Gasteiger partial charge is 0.273 e. The second kappa shape index (κ2) is 7.98. The summed E-state index contributed by atoms with van der Waals surface area (Å²) in [5.41, 5.74) is 4.76. The molecule has 0 unspecified atom stereocenters. The standard InChI is InChI=1S/C23H15F3N2O3/c1-12-20(29)14-8-5-9-15(22(14)31-21(12)13-6-3-2-4-7-13)23(30)28-27-17-11-10-16(24)18(25)19(17)26/h2-11,27H,1H3,(H,28,30). The molecule has 156 valence electrons. The third-order valence-corrected chi connectivity index (χ3v) is 4.77. The molecular weight excluding hydrogens is 409 g/mol. The molecule has 0 aliphatic heterocycles. The van der Waals surface area contributed by atoms with E-state index < -0.39 is 29.0 Å². The molecule has 1 heterocycles. The lowest BCUT2D eigenvalue weighted by atomic mass is 10.0. The fourth-order valence-corrected chi connectivity index (χ4v) is 3.17. The van der Waals surface area contributed by atoms with Crippen molar-refractivity contribution in [2.24, 2.45) is 0 Å². The van der Waals surface area contributed by atoms with E-state index in [0.717, 1.165) is 12.1 Å². The lowest BCUT2D eigenvalue weighted by Crippen LogP contribution is -2.30. The molecule has 0 atom stereocenters. The first-order valence-electron chi connectivity index (χ1n) is 9.20. The van der Waals surface area contributed by atoms with Crippen molar-refractivity contribution >= 4 is 22.6 Å². The van der Waals surface area contributed by atoms with E-state index in [1.54, 1.807) is 31.2 Å². The first-order valence-corrected chi connectivity index (χ1v) is 9.20. The molecule has 0 saturated carbocycles. The minimum atomic E-state index is -1.67. The molecule has 4 rings (SSSR count). The Morgan fingerprint density at radius 3 is 2.39 bits per heavy atom. The molecule has 3 aromatic carbocycles. The summed E-state index contributed by atoms with van der Waals surface area (Å²) in [6.07, 6.45) is 0. The van der Waals surface area contributed by atoms with Crippen molar-refractivity contribution in [2.45, 2.75) is 6.92 Å². The van der Waals surface area contributed by atoms with Crippen molar-refractivity contribution in [3.63, 3.8) is 0 Å². The van der Waals surface area contributed by atoms with E-state index in [1.165, 1.54) is 18.2 Å². The maximum atomic E-state index is 13.8. The number of rotatable bonds is 4. The fraction of sp³-hybridized carbons (Fsp3) is 0.0435. The highest BCUT2D eigenvalue weighted by Crippen LogP contribution is 2.27. The number of para-hydroxylation sites is 1. The number of hydrazine groups is 1. The minimum Gasteiger partial charge on any atom is -0.455 e. The van der Waals surface area contributed by atoms with E-state index in [0.29, 0.717) is 16.9 Å². The Labute approximate surface area is 174 Å². The number of halogens is 3. The Balaban J connectivity index is 1.74. The van der Waals surface area contributed by atoms with Crippen LogP contribution in [0, 0.1) is 24.4 Å². The van der Waals surface area contributed by atoms with Crippen molar-refractivity contribution in [3.05, 3.63) is 99.5 Å². The minimum absolute atomic E-state index is 0.00210. The summed E-state index contributed by atoms with van der Waals surface area (Å²) in [4.78, 5) is 25.6. The molecule has 0 aliphatic carbocycles. The third kappa shape index (κ3) is 3.63. The van der Waals surface area contributed by atoms with E-state index in [1.807, 2.05) is 6.07 Å². The first-order chi connectivity index (χ1) is 14.9. The van der Waals surface area contributed by atoms with Crippen LogP contribution < -0.4 is 16.3 Å². The number of nitrogens with one attached hydrogen (secondary N) is 2. The number of hydrogen-bond donors (Lipinski definition) is 2. The topological polar surface area (TPSA) is 71.3 Å². The SMILES string of the molecule is Cc1c(-c2ccccc2)oc2c(C(=O)NNc3ccc(F)c(F)c3F)cccc2c1=O. The molecule has 31 heavy (non-hydrogen) atoms. The Morgan fingerprint density at radius 2 is 1.65 bits per heavy atom. The highest BCUT2D eigenvalue weighted by atomic mass is 19.2. The van der Waals surface area contributed by atoms with Crippen LogP contribution in [0.2, 0.25) is 0 Å². The van der Waals surface area contributed by atoms with Crippen LogP contribution in [0.4, 0.5) is 18.9 Å². The maximum absolute atomic E-state index is 13.8. The number of benzene rings is 3. The maximum Gasteiger partial charge on any atom is 0.273 e. The zero-order chi connectivity index (χ0) is 22.1. The quantitative estimate of drug-likeness (QED) is 0.360. The summed E-state index contributed by atoms with van der Waals surface area (Å²) in [6, 6.07) is 15.1. The summed E-state index contributed by atoms with van der Waals surface area (Å²) in [5, 5.41) is 0.198. The van der Waals surface area contributed by atoms with Gasteiger partial charge in [0.2, 0.25) is 0 Å². The molecule has 1 aromatic heterocycles. The predicted molar refractivity (Wildman–Crippen MR) is 110 cm³/mol. The van der Waals surface area contributed by atoms with E-state index in [9.17, 15) is 22.8 Å². The largest absolute Gasteiger partial charge is 0.455 e. The van der Waals surface area contributed by atoms with Gasteiger partial charge in [0.15, 0.2) is 28.5 Å². The summed E-state index contributed by atoms with van der Waals surface area (Å²) in [6.45, 7) is 1.63. The molecule has 1 amide bonds. The number of carbonyl (C=O) groups excluding carboxylic acids is 1. The Morgan fingerprint density at radius 1 is 0.903 bits per heavy atom. The molecule has 0 bridgehead atoms. The molecule has 0 fully saturated rings.